The van der Waals surface area contributed by atoms with Crippen LogP contribution in [0.25, 0.3) is 0 Å². The average Bonchev–Trinajstić information content (AvgIpc) is 2.77. The lowest BCUT2D eigenvalue weighted by Crippen LogP contribution is -2.15. The van der Waals surface area contributed by atoms with E-state index in [2.05, 4.69) is 14.7 Å². The largest absolute Gasteiger partial charge is 0.343 e. The molecule has 6 heteroatoms. The minimum Gasteiger partial charge on any atom is -0.343 e. The van der Waals surface area contributed by atoms with Crippen LogP contribution in [0.15, 0.2) is 29.1 Å². The number of rotatable bonds is 3. The molecule has 2 rings (SSSR count). The van der Waals surface area contributed by atoms with Crippen LogP contribution < -0.4 is 5.73 Å². The van der Waals surface area contributed by atoms with E-state index < -0.39 is 17.7 Å². The molecule has 0 spiro atoms. The Kier molecular flexibility index (Phi) is 2.91. The number of halogens is 2. The van der Waals surface area contributed by atoms with Crippen LogP contribution in [-0.2, 0) is 6.42 Å². The topological polar surface area (TPSA) is 64.9 Å². The highest BCUT2D eigenvalue weighted by atomic mass is 19.2. The van der Waals surface area contributed by atoms with Gasteiger partial charge in [0.1, 0.15) is 0 Å². The van der Waals surface area contributed by atoms with Crippen molar-refractivity contribution < 1.29 is 13.3 Å². The van der Waals surface area contributed by atoms with E-state index in [1.807, 2.05) is 0 Å². The monoisotopic (exact) mass is 225 g/mol. The summed E-state index contributed by atoms with van der Waals surface area (Å²) < 4.78 is 30.1. The zero-order valence-corrected chi connectivity index (χ0v) is 8.23. The molecule has 0 aliphatic heterocycles. The van der Waals surface area contributed by atoms with Crippen molar-refractivity contribution >= 4 is 0 Å². The van der Waals surface area contributed by atoms with Gasteiger partial charge < -0.3 is 10.3 Å². The molecule has 2 N–H and O–H groups in total. The lowest BCUT2D eigenvalue weighted by atomic mass is 10.1. The van der Waals surface area contributed by atoms with Gasteiger partial charge in [0.2, 0.25) is 6.39 Å². The zero-order chi connectivity index (χ0) is 11.5. The van der Waals surface area contributed by atoms with E-state index in [1.54, 1.807) is 0 Å². The smallest absolute Gasteiger partial charge is 0.213 e. The predicted molar refractivity (Wildman–Crippen MR) is 51.3 cm³/mol. The minimum atomic E-state index is -0.891. The van der Waals surface area contributed by atoms with Crippen molar-refractivity contribution in [3.05, 3.63) is 47.6 Å². The van der Waals surface area contributed by atoms with Gasteiger partial charge in [0.15, 0.2) is 17.5 Å². The first-order valence-corrected chi connectivity index (χ1v) is 4.62. The fraction of sp³-hybridized carbons (Fsp3) is 0.200. The summed E-state index contributed by atoms with van der Waals surface area (Å²) in [5.74, 6) is -1.43. The van der Waals surface area contributed by atoms with Gasteiger partial charge in [-0.2, -0.15) is 4.98 Å². The molecule has 1 heterocycles. The molecule has 1 aromatic carbocycles. The van der Waals surface area contributed by atoms with E-state index >= 15 is 0 Å². The molecule has 0 unspecified atom stereocenters. The average molecular weight is 225 g/mol. The third kappa shape index (κ3) is 2.22. The molecule has 0 radical (unpaired) electrons. The predicted octanol–water partition coefficient (Wildman–Crippen LogP) is 1.59. The van der Waals surface area contributed by atoms with E-state index in [9.17, 15) is 8.78 Å². The van der Waals surface area contributed by atoms with Crippen molar-refractivity contribution in [2.45, 2.75) is 12.5 Å². The second-order valence-corrected chi connectivity index (χ2v) is 3.35. The highest BCUT2D eigenvalue weighted by molar-refractivity contribution is 5.19. The van der Waals surface area contributed by atoms with Gasteiger partial charge in [-0.1, -0.05) is 11.2 Å². The molecule has 0 aliphatic rings. The van der Waals surface area contributed by atoms with E-state index in [-0.39, 0.29) is 0 Å². The van der Waals surface area contributed by atoms with Crippen molar-refractivity contribution in [3.8, 4) is 0 Å². The Morgan fingerprint density at radius 2 is 2.12 bits per heavy atom. The number of aromatic nitrogens is 2. The Bertz CT molecular complexity index is 473. The summed E-state index contributed by atoms with van der Waals surface area (Å²) in [6, 6.07) is 3.14. The maximum Gasteiger partial charge on any atom is 0.213 e. The number of hydrogen-bond donors (Lipinski definition) is 1. The Morgan fingerprint density at radius 1 is 1.31 bits per heavy atom. The van der Waals surface area contributed by atoms with E-state index in [0.717, 1.165) is 12.1 Å². The van der Waals surface area contributed by atoms with Crippen molar-refractivity contribution in [2.75, 3.05) is 0 Å². The Morgan fingerprint density at radius 3 is 2.75 bits per heavy atom. The van der Waals surface area contributed by atoms with Crippen LogP contribution in [0.2, 0.25) is 0 Å². The molecule has 84 valence electrons. The summed E-state index contributed by atoms with van der Waals surface area (Å²) in [7, 11) is 0. The summed E-state index contributed by atoms with van der Waals surface area (Å²) in [4.78, 5) is 3.78. The van der Waals surface area contributed by atoms with Crippen molar-refractivity contribution in [3.63, 3.8) is 0 Å². The van der Waals surface area contributed by atoms with Crippen LogP contribution in [0.5, 0.6) is 0 Å². The summed E-state index contributed by atoms with van der Waals surface area (Å²) in [5, 5.41) is 3.57. The molecule has 0 saturated carbocycles. The molecular weight excluding hydrogens is 216 g/mol. The van der Waals surface area contributed by atoms with Crippen molar-refractivity contribution in [2.24, 2.45) is 5.73 Å². The van der Waals surface area contributed by atoms with E-state index in [0.29, 0.717) is 17.8 Å². The van der Waals surface area contributed by atoms with Crippen LogP contribution in [0.1, 0.15) is 17.4 Å². The maximum atomic E-state index is 12.9. The standard InChI is InChI=1S/C10H9F2N3O/c11-7-2-1-6(3-8(7)12)4-9(13)10-14-5-16-15-10/h1-3,5,9H,4,13H2/t9-/m1/s1. The third-order valence-electron chi connectivity index (χ3n) is 2.15. The quantitative estimate of drug-likeness (QED) is 0.861. The first-order valence-electron chi connectivity index (χ1n) is 4.62. The molecule has 16 heavy (non-hydrogen) atoms. The van der Waals surface area contributed by atoms with Gasteiger partial charge in [-0.15, -0.1) is 0 Å². The van der Waals surface area contributed by atoms with Gasteiger partial charge in [-0.25, -0.2) is 8.78 Å². The molecule has 0 aliphatic carbocycles. The first-order chi connectivity index (χ1) is 7.66. The fourth-order valence-corrected chi connectivity index (χ4v) is 1.35. The molecule has 0 amide bonds. The second-order valence-electron chi connectivity index (χ2n) is 3.35. The first kappa shape index (κ1) is 10.7. The SMILES string of the molecule is N[C@H](Cc1ccc(F)c(F)c1)c1ncon1. The molecule has 1 atom stereocenters. The van der Waals surface area contributed by atoms with Crippen LogP contribution in [0, 0.1) is 11.6 Å². The van der Waals surface area contributed by atoms with Crippen LogP contribution >= 0.6 is 0 Å². The lowest BCUT2D eigenvalue weighted by Gasteiger charge is -2.07. The van der Waals surface area contributed by atoms with Gasteiger partial charge >= 0.3 is 0 Å². The Labute approximate surface area is 90.1 Å². The number of nitrogens with zero attached hydrogens (tertiary/aromatic N) is 2. The number of hydrogen-bond acceptors (Lipinski definition) is 4. The highest BCUT2D eigenvalue weighted by Gasteiger charge is 2.12. The van der Waals surface area contributed by atoms with Gasteiger partial charge in [0.25, 0.3) is 0 Å². The van der Waals surface area contributed by atoms with Gasteiger partial charge in [-0.05, 0) is 24.1 Å². The highest BCUT2D eigenvalue weighted by Crippen LogP contribution is 2.15. The van der Waals surface area contributed by atoms with Crippen molar-refractivity contribution in [1.82, 2.24) is 10.1 Å². The van der Waals surface area contributed by atoms with E-state index in [4.69, 9.17) is 5.73 Å². The summed E-state index contributed by atoms with van der Waals surface area (Å²) in [6.07, 6.45) is 1.48. The zero-order valence-electron chi connectivity index (χ0n) is 8.23. The molecule has 0 saturated heterocycles. The molecule has 2 aromatic rings. The van der Waals surface area contributed by atoms with Crippen LogP contribution in [0.4, 0.5) is 8.78 Å². The van der Waals surface area contributed by atoms with Gasteiger partial charge in [0, 0.05) is 0 Å². The molecule has 0 fully saturated rings. The molecule has 1 aromatic heterocycles. The molecule has 4 nitrogen and oxygen atoms in total. The Hall–Kier alpha value is -1.82. The van der Waals surface area contributed by atoms with Gasteiger partial charge in [-0.3, -0.25) is 0 Å². The minimum absolute atomic E-state index is 0.316. The summed E-state index contributed by atoms with van der Waals surface area (Å²) in [5.41, 5.74) is 6.34. The molecule has 0 bridgehead atoms. The third-order valence-corrected chi connectivity index (χ3v) is 2.15. The summed E-state index contributed by atoms with van der Waals surface area (Å²) in [6.45, 7) is 0. The van der Waals surface area contributed by atoms with Crippen LogP contribution in [0.3, 0.4) is 0 Å². The number of nitrogens with two attached hydrogens (primary N) is 1. The van der Waals surface area contributed by atoms with Crippen LogP contribution in [-0.4, -0.2) is 10.1 Å². The normalized spacial score (nSPS) is 12.7. The lowest BCUT2D eigenvalue weighted by molar-refractivity contribution is 0.404. The maximum absolute atomic E-state index is 12.9. The second kappa shape index (κ2) is 4.36. The Balaban J connectivity index is 2.12. The van der Waals surface area contributed by atoms with E-state index in [1.165, 1.54) is 12.5 Å². The number of benzene rings is 1. The van der Waals surface area contributed by atoms with Gasteiger partial charge in [0.05, 0.1) is 6.04 Å². The summed E-state index contributed by atoms with van der Waals surface area (Å²) >= 11 is 0. The fourth-order valence-electron chi connectivity index (χ4n) is 1.35. The van der Waals surface area contributed by atoms with Crippen molar-refractivity contribution in [1.29, 1.82) is 0 Å². The molecular formula is C10H9F2N3O.